The molecule has 1 saturated heterocycles. The van der Waals surface area contributed by atoms with Crippen molar-refractivity contribution in [1.29, 1.82) is 0 Å². The molecular formula is C16H22N2O3. The Morgan fingerprint density at radius 3 is 2.62 bits per heavy atom. The molecule has 1 heterocycles. The van der Waals surface area contributed by atoms with E-state index >= 15 is 0 Å². The molecule has 1 aliphatic heterocycles. The summed E-state index contributed by atoms with van der Waals surface area (Å²) in [4.78, 5) is 29.3. The first kappa shape index (κ1) is 15.5. The van der Waals surface area contributed by atoms with Gasteiger partial charge in [-0.15, -0.1) is 0 Å². The van der Waals surface area contributed by atoms with Gasteiger partial charge in [0.15, 0.2) is 0 Å². The summed E-state index contributed by atoms with van der Waals surface area (Å²) in [7, 11) is 0. The fourth-order valence-electron chi connectivity index (χ4n) is 2.56. The first-order valence-corrected chi connectivity index (χ1v) is 7.13. The van der Waals surface area contributed by atoms with Crippen LogP contribution in [0.5, 0.6) is 0 Å². The van der Waals surface area contributed by atoms with E-state index in [9.17, 15) is 9.59 Å². The molecule has 5 nitrogen and oxygen atoms in total. The van der Waals surface area contributed by atoms with Crippen LogP contribution in [0.15, 0.2) is 30.3 Å². The zero-order valence-corrected chi connectivity index (χ0v) is 12.7. The molecule has 0 radical (unpaired) electrons. The Hall–Kier alpha value is -1.88. The largest absolute Gasteiger partial charge is 0.355 e. The summed E-state index contributed by atoms with van der Waals surface area (Å²) < 4.78 is 0. The lowest BCUT2D eigenvalue weighted by Gasteiger charge is -2.29. The summed E-state index contributed by atoms with van der Waals surface area (Å²) in [5.74, 6) is -1.33. The van der Waals surface area contributed by atoms with Crippen molar-refractivity contribution in [3.63, 3.8) is 0 Å². The molecule has 0 spiro atoms. The van der Waals surface area contributed by atoms with Crippen LogP contribution < -0.4 is 10.8 Å². The fourth-order valence-corrected chi connectivity index (χ4v) is 2.56. The first-order valence-electron chi connectivity index (χ1n) is 7.13. The highest BCUT2D eigenvalue weighted by molar-refractivity contribution is 6.01. The topological polar surface area (TPSA) is 67.4 Å². The number of rotatable bonds is 4. The molecule has 1 aromatic carbocycles. The minimum absolute atomic E-state index is 0.0367. The van der Waals surface area contributed by atoms with Crippen LogP contribution in [-0.4, -0.2) is 18.4 Å². The minimum Gasteiger partial charge on any atom is -0.355 e. The average molecular weight is 290 g/mol. The van der Waals surface area contributed by atoms with Crippen LogP contribution in [0.2, 0.25) is 0 Å². The number of nitrogens with one attached hydrogen (secondary N) is 2. The summed E-state index contributed by atoms with van der Waals surface area (Å²) >= 11 is 0. The molecule has 0 saturated carbocycles. The molecule has 1 aliphatic rings. The lowest BCUT2D eigenvalue weighted by Crippen LogP contribution is -2.40. The highest BCUT2D eigenvalue weighted by Gasteiger charge is 2.45. The number of hydrogen-bond donors (Lipinski definition) is 2. The summed E-state index contributed by atoms with van der Waals surface area (Å²) in [6, 6.07) is 9.54. The van der Waals surface area contributed by atoms with Gasteiger partial charge in [-0.2, -0.15) is 0 Å². The summed E-state index contributed by atoms with van der Waals surface area (Å²) in [6.45, 7) is 6.90. The van der Waals surface area contributed by atoms with E-state index in [2.05, 4.69) is 10.8 Å². The van der Waals surface area contributed by atoms with E-state index in [1.807, 2.05) is 51.1 Å². The van der Waals surface area contributed by atoms with E-state index in [0.717, 1.165) is 5.56 Å². The summed E-state index contributed by atoms with van der Waals surface area (Å²) in [5, 5.41) is 2.76. The van der Waals surface area contributed by atoms with Crippen molar-refractivity contribution in [3.05, 3.63) is 35.9 Å². The third-order valence-electron chi connectivity index (χ3n) is 3.83. The van der Waals surface area contributed by atoms with E-state index in [1.54, 1.807) is 0 Å². The van der Waals surface area contributed by atoms with Crippen molar-refractivity contribution in [2.24, 2.45) is 17.3 Å². The summed E-state index contributed by atoms with van der Waals surface area (Å²) in [6.07, 6.45) is 0. The molecule has 5 heteroatoms. The van der Waals surface area contributed by atoms with E-state index in [0.29, 0.717) is 6.54 Å². The standard InChI is InChI=1S/C16H22N2O3/c1-16(2,3)12-9-17-14(19)13(12)15(20)18-21-10-11-7-5-4-6-8-11/h4-8,12-13H,9-10H2,1-3H3,(H,17,19)(H,18,20)/t12-,13+/m0/s1. The number of hydrogen-bond acceptors (Lipinski definition) is 3. The Bertz CT molecular complexity index is 508. The number of benzene rings is 1. The molecule has 1 fully saturated rings. The molecule has 2 rings (SSSR count). The second-order valence-corrected chi connectivity index (χ2v) is 6.44. The van der Waals surface area contributed by atoms with Crippen molar-refractivity contribution in [2.45, 2.75) is 27.4 Å². The molecule has 2 N–H and O–H groups in total. The second-order valence-electron chi connectivity index (χ2n) is 6.44. The van der Waals surface area contributed by atoms with E-state index in [4.69, 9.17) is 4.84 Å². The Morgan fingerprint density at radius 1 is 1.33 bits per heavy atom. The predicted octanol–water partition coefficient (Wildman–Crippen LogP) is 1.64. The molecule has 21 heavy (non-hydrogen) atoms. The third kappa shape index (κ3) is 3.82. The van der Waals surface area contributed by atoms with E-state index < -0.39 is 5.92 Å². The zero-order chi connectivity index (χ0) is 15.5. The predicted molar refractivity (Wildman–Crippen MR) is 78.8 cm³/mol. The van der Waals surface area contributed by atoms with Gasteiger partial charge in [0.2, 0.25) is 5.91 Å². The van der Waals surface area contributed by atoms with Crippen molar-refractivity contribution < 1.29 is 14.4 Å². The van der Waals surface area contributed by atoms with Gasteiger partial charge in [0, 0.05) is 12.5 Å². The van der Waals surface area contributed by atoms with Gasteiger partial charge in [-0.05, 0) is 11.0 Å². The lowest BCUT2D eigenvalue weighted by atomic mass is 9.74. The third-order valence-corrected chi connectivity index (χ3v) is 3.83. The Balaban J connectivity index is 1.91. The maximum Gasteiger partial charge on any atom is 0.256 e. The fraction of sp³-hybridized carbons (Fsp3) is 0.500. The molecular weight excluding hydrogens is 268 g/mol. The molecule has 0 aliphatic carbocycles. The molecule has 2 amide bonds. The van der Waals surface area contributed by atoms with Gasteiger partial charge in [0.25, 0.3) is 5.91 Å². The minimum atomic E-state index is -0.694. The maximum atomic E-state index is 12.2. The molecule has 2 atom stereocenters. The van der Waals surface area contributed by atoms with Crippen molar-refractivity contribution >= 4 is 11.8 Å². The van der Waals surface area contributed by atoms with Crippen LogP contribution in [0, 0.1) is 17.3 Å². The highest BCUT2D eigenvalue weighted by Crippen LogP contribution is 2.35. The lowest BCUT2D eigenvalue weighted by molar-refractivity contribution is -0.145. The van der Waals surface area contributed by atoms with Gasteiger partial charge in [-0.1, -0.05) is 51.1 Å². The van der Waals surface area contributed by atoms with Crippen LogP contribution in [0.1, 0.15) is 26.3 Å². The zero-order valence-electron chi connectivity index (χ0n) is 12.7. The normalized spacial score (nSPS) is 22.0. The SMILES string of the molecule is CC(C)(C)[C@H]1CNC(=O)[C@@H]1C(=O)NOCc1ccccc1. The van der Waals surface area contributed by atoms with Crippen LogP contribution in [0.4, 0.5) is 0 Å². The van der Waals surface area contributed by atoms with Gasteiger partial charge in [-0.25, -0.2) is 5.48 Å². The highest BCUT2D eigenvalue weighted by atomic mass is 16.6. The average Bonchev–Trinajstić information content (AvgIpc) is 2.82. The van der Waals surface area contributed by atoms with Crippen LogP contribution in [0.25, 0.3) is 0 Å². The van der Waals surface area contributed by atoms with Gasteiger partial charge in [0.1, 0.15) is 5.92 Å². The van der Waals surface area contributed by atoms with Gasteiger partial charge >= 0.3 is 0 Å². The molecule has 0 unspecified atom stereocenters. The van der Waals surface area contributed by atoms with Gasteiger partial charge in [0.05, 0.1) is 6.61 Å². The maximum absolute atomic E-state index is 12.2. The van der Waals surface area contributed by atoms with E-state index in [-0.39, 0.29) is 29.8 Å². The Kier molecular flexibility index (Phi) is 4.63. The molecule has 0 aromatic heterocycles. The van der Waals surface area contributed by atoms with Crippen LogP contribution in [0.3, 0.4) is 0 Å². The van der Waals surface area contributed by atoms with E-state index in [1.165, 1.54) is 0 Å². The molecule has 0 bridgehead atoms. The van der Waals surface area contributed by atoms with Gasteiger partial charge in [-0.3, -0.25) is 14.4 Å². The van der Waals surface area contributed by atoms with Crippen molar-refractivity contribution in [2.75, 3.05) is 6.54 Å². The summed E-state index contributed by atoms with van der Waals surface area (Å²) in [5.41, 5.74) is 3.24. The number of carbonyl (C=O) groups excluding carboxylic acids is 2. The molecule has 114 valence electrons. The van der Waals surface area contributed by atoms with Gasteiger partial charge < -0.3 is 5.32 Å². The van der Waals surface area contributed by atoms with Crippen molar-refractivity contribution in [3.8, 4) is 0 Å². The molecule has 1 aromatic rings. The number of hydroxylamine groups is 1. The number of carbonyl (C=O) groups is 2. The quantitative estimate of drug-likeness (QED) is 0.654. The van der Waals surface area contributed by atoms with Crippen LogP contribution in [-0.2, 0) is 21.0 Å². The first-order chi connectivity index (χ1) is 9.89. The monoisotopic (exact) mass is 290 g/mol. The smallest absolute Gasteiger partial charge is 0.256 e. The number of amides is 2. The van der Waals surface area contributed by atoms with Crippen LogP contribution >= 0.6 is 0 Å². The Labute approximate surface area is 125 Å². The second kappa shape index (κ2) is 6.26. The Morgan fingerprint density at radius 2 is 2.00 bits per heavy atom. The van der Waals surface area contributed by atoms with Crippen molar-refractivity contribution in [1.82, 2.24) is 10.8 Å².